The van der Waals surface area contributed by atoms with Gasteiger partial charge in [-0.15, -0.1) is 0 Å². The zero-order chi connectivity index (χ0) is 16.6. The van der Waals surface area contributed by atoms with Crippen LogP contribution in [0.2, 0.25) is 0 Å². The van der Waals surface area contributed by atoms with Crippen molar-refractivity contribution < 1.29 is 9.53 Å². The minimum atomic E-state index is -0.181. The molecule has 1 aliphatic rings. The molecule has 0 bridgehead atoms. The SMILES string of the molecule is COc1ccc([C@@H]2C[C@H]2C(=O)Nc2c(C)ccn(C)c2=O)cc1. The van der Waals surface area contributed by atoms with E-state index in [0.717, 1.165) is 23.3 Å². The second-order valence-electron chi connectivity index (χ2n) is 6.00. The Kier molecular flexibility index (Phi) is 3.94. The molecule has 0 radical (unpaired) electrons. The van der Waals surface area contributed by atoms with Crippen LogP contribution in [0.3, 0.4) is 0 Å². The van der Waals surface area contributed by atoms with Crippen molar-refractivity contribution >= 4 is 11.6 Å². The van der Waals surface area contributed by atoms with Gasteiger partial charge >= 0.3 is 0 Å². The largest absolute Gasteiger partial charge is 0.497 e. The van der Waals surface area contributed by atoms with E-state index in [4.69, 9.17) is 4.74 Å². The molecular formula is C18H20N2O3. The average Bonchev–Trinajstić information content (AvgIpc) is 3.36. The van der Waals surface area contributed by atoms with Crippen LogP contribution in [-0.4, -0.2) is 17.6 Å². The molecule has 1 aliphatic carbocycles. The van der Waals surface area contributed by atoms with Crippen molar-refractivity contribution in [1.29, 1.82) is 0 Å². The molecular weight excluding hydrogens is 292 g/mol. The van der Waals surface area contributed by atoms with E-state index >= 15 is 0 Å². The standard InChI is InChI=1S/C18H20N2O3/c1-11-8-9-20(2)18(22)16(11)19-17(21)15-10-14(15)12-4-6-13(23-3)7-5-12/h4-9,14-15H,10H2,1-3H3,(H,19,21)/t14-,15+/m0/s1. The average molecular weight is 312 g/mol. The van der Waals surface area contributed by atoms with E-state index in [-0.39, 0.29) is 23.3 Å². The van der Waals surface area contributed by atoms with Gasteiger partial charge in [0.15, 0.2) is 0 Å². The highest BCUT2D eigenvalue weighted by molar-refractivity contribution is 5.95. The molecule has 1 amide bonds. The molecule has 120 valence electrons. The summed E-state index contributed by atoms with van der Waals surface area (Å²) in [4.78, 5) is 24.5. The zero-order valence-electron chi connectivity index (χ0n) is 13.5. The van der Waals surface area contributed by atoms with Crippen LogP contribution in [-0.2, 0) is 11.8 Å². The topological polar surface area (TPSA) is 60.3 Å². The predicted octanol–water partition coefficient (Wildman–Crippen LogP) is 2.44. The lowest BCUT2D eigenvalue weighted by Crippen LogP contribution is -2.26. The maximum Gasteiger partial charge on any atom is 0.274 e. The minimum absolute atomic E-state index is 0.0762. The van der Waals surface area contributed by atoms with Crippen LogP contribution in [0.25, 0.3) is 0 Å². The number of ether oxygens (including phenoxy) is 1. The first-order valence-electron chi connectivity index (χ1n) is 7.62. The Morgan fingerprint density at radius 2 is 1.96 bits per heavy atom. The first kappa shape index (κ1) is 15.3. The molecule has 23 heavy (non-hydrogen) atoms. The Balaban J connectivity index is 1.71. The Morgan fingerprint density at radius 1 is 1.26 bits per heavy atom. The molecule has 2 aromatic rings. The number of aryl methyl sites for hydroxylation is 2. The molecule has 1 fully saturated rings. The number of hydrogen-bond donors (Lipinski definition) is 1. The van der Waals surface area contributed by atoms with Gasteiger partial charge in [0.25, 0.3) is 5.56 Å². The Labute approximate surface area is 134 Å². The first-order valence-corrected chi connectivity index (χ1v) is 7.62. The molecule has 5 heteroatoms. The summed E-state index contributed by atoms with van der Waals surface area (Å²) in [5.74, 6) is 0.859. The molecule has 1 heterocycles. The van der Waals surface area contributed by atoms with Gasteiger partial charge in [-0.3, -0.25) is 9.59 Å². The van der Waals surface area contributed by atoms with Crippen molar-refractivity contribution in [2.45, 2.75) is 19.3 Å². The molecule has 3 rings (SSSR count). The van der Waals surface area contributed by atoms with Gasteiger partial charge in [0.2, 0.25) is 5.91 Å². The van der Waals surface area contributed by atoms with Crippen LogP contribution in [0.4, 0.5) is 5.69 Å². The maximum atomic E-state index is 12.4. The predicted molar refractivity (Wildman–Crippen MR) is 88.9 cm³/mol. The van der Waals surface area contributed by atoms with E-state index in [9.17, 15) is 9.59 Å². The van der Waals surface area contributed by atoms with Gasteiger partial charge in [0, 0.05) is 19.2 Å². The number of amides is 1. The van der Waals surface area contributed by atoms with Gasteiger partial charge in [0.05, 0.1) is 7.11 Å². The lowest BCUT2D eigenvalue weighted by atomic mass is 10.1. The molecule has 0 spiro atoms. The lowest BCUT2D eigenvalue weighted by molar-refractivity contribution is -0.117. The minimum Gasteiger partial charge on any atom is -0.497 e. The van der Waals surface area contributed by atoms with E-state index < -0.39 is 0 Å². The third kappa shape index (κ3) is 2.99. The number of methoxy groups -OCH3 is 1. The summed E-state index contributed by atoms with van der Waals surface area (Å²) in [7, 11) is 3.31. The molecule has 0 saturated heterocycles. The van der Waals surface area contributed by atoms with Gasteiger partial charge in [-0.05, 0) is 48.6 Å². The molecule has 5 nitrogen and oxygen atoms in total. The lowest BCUT2D eigenvalue weighted by Gasteiger charge is -2.09. The number of benzene rings is 1. The molecule has 1 aromatic carbocycles. The third-order valence-corrected chi connectivity index (χ3v) is 4.40. The number of carbonyl (C=O) groups is 1. The summed E-state index contributed by atoms with van der Waals surface area (Å²) in [6, 6.07) is 9.61. The van der Waals surface area contributed by atoms with Crippen LogP contribution in [0, 0.1) is 12.8 Å². The van der Waals surface area contributed by atoms with Crippen LogP contribution in [0.15, 0.2) is 41.3 Å². The van der Waals surface area contributed by atoms with Crippen LogP contribution < -0.4 is 15.6 Å². The number of pyridine rings is 1. The van der Waals surface area contributed by atoms with Gasteiger partial charge in [-0.2, -0.15) is 0 Å². The van der Waals surface area contributed by atoms with Crippen molar-refractivity contribution in [2.24, 2.45) is 13.0 Å². The Hall–Kier alpha value is -2.56. The highest BCUT2D eigenvalue weighted by Crippen LogP contribution is 2.48. The molecule has 0 unspecified atom stereocenters. The van der Waals surface area contributed by atoms with Crippen molar-refractivity contribution in [3.05, 3.63) is 58.0 Å². The number of aromatic nitrogens is 1. The number of nitrogens with zero attached hydrogens (tertiary/aromatic N) is 1. The summed E-state index contributed by atoms with van der Waals surface area (Å²) in [6.45, 7) is 1.82. The molecule has 1 N–H and O–H groups in total. The monoisotopic (exact) mass is 312 g/mol. The van der Waals surface area contributed by atoms with E-state index in [1.165, 1.54) is 4.57 Å². The Bertz CT molecular complexity index is 793. The first-order chi connectivity index (χ1) is 11.0. The van der Waals surface area contributed by atoms with E-state index in [1.807, 2.05) is 37.3 Å². The number of carbonyl (C=O) groups excluding carboxylic acids is 1. The third-order valence-electron chi connectivity index (χ3n) is 4.40. The second-order valence-corrected chi connectivity index (χ2v) is 6.00. The fourth-order valence-electron chi connectivity index (χ4n) is 2.79. The summed E-state index contributed by atoms with van der Waals surface area (Å²) in [5.41, 5.74) is 2.10. The highest BCUT2D eigenvalue weighted by atomic mass is 16.5. The zero-order valence-corrected chi connectivity index (χ0v) is 13.5. The maximum absolute atomic E-state index is 12.4. The fourth-order valence-corrected chi connectivity index (χ4v) is 2.79. The smallest absolute Gasteiger partial charge is 0.274 e. The quantitative estimate of drug-likeness (QED) is 0.943. The van der Waals surface area contributed by atoms with Gasteiger partial charge < -0.3 is 14.6 Å². The van der Waals surface area contributed by atoms with Crippen molar-refractivity contribution in [3.63, 3.8) is 0 Å². The number of rotatable bonds is 4. The number of nitrogens with one attached hydrogen (secondary N) is 1. The normalized spacial score (nSPS) is 19.3. The van der Waals surface area contributed by atoms with E-state index in [0.29, 0.717) is 5.69 Å². The number of anilines is 1. The summed E-state index contributed by atoms with van der Waals surface area (Å²) in [5, 5.41) is 2.81. The van der Waals surface area contributed by atoms with Crippen LogP contribution in [0.5, 0.6) is 5.75 Å². The molecule has 2 atom stereocenters. The van der Waals surface area contributed by atoms with E-state index in [1.54, 1.807) is 20.4 Å². The van der Waals surface area contributed by atoms with Crippen molar-refractivity contribution in [1.82, 2.24) is 4.57 Å². The van der Waals surface area contributed by atoms with Crippen molar-refractivity contribution in [2.75, 3.05) is 12.4 Å². The Morgan fingerprint density at radius 3 is 2.61 bits per heavy atom. The van der Waals surface area contributed by atoms with Crippen LogP contribution >= 0.6 is 0 Å². The fraction of sp³-hybridized carbons (Fsp3) is 0.333. The second kappa shape index (κ2) is 5.91. The van der Waals surface area contributed by atoms with Gasteiger partial charge in [0.1, 0.15) is 11.4 Å². The summed E-state index contributed by atoms with van der Waals surface area (Å²) < 4.78 is 6.61. The molecule has 1 saturated carbocycles. The molecule has 0 aliphatic heterocycles. The van der Waals surface area contributed by atoms with Gasteiger partial charge in [-0.25, -0.2) is 0 Å². The molecule has 1 aromatic heterocycles. The van der Waals surface area contributed by atoms with Crippen molar-refractivity contribution in [3.8, 4) is 5.75 Å². The van der Waals surface area contributed by atoms with E-state index in [2.05, 4.69) is 5.32 Å². The summed E-state index contributed by atoms with van der Waals surface area (Å²) in [6.07, 6.45) is 2.51. The highest BCUT2D eigenvalue weighted by Gasteiger charge is 2.44. The van der Waals surface area contributed by atoms with Gasteiger partial charge in [-0.1, -0.05) is 12.1 Å². The number of hydrogen-bond acceptors (Lipinski definition) is 3. The summed E-state index contributed by atoms with van der Waals surface area (Å²) >= 11 is 0. The van der Waals surface area contributed by atoms with Crippen LogP contribution in [0.1, 0.15) is 23.5 Å².